The molecular weight excluding hydrogens is 398 g/mol. The van der Waals surface area contributed by atoms with Gasteiger partial charge in [-0.05, 0) is 57.6 Å². The number of hydrogen-bond donors (Lipinski definition) is 0. The number of likely N-dealkylation sites (tertiary alicyclic amines) is 1. The molecule has 0 N–H and O–H groups in total. The van der Waals surface area contributed by atoms with Crippen molar-refractivity contribution in [1.29, 1.82) is 0 Å². The Kier molecular flexibility index (Phi) is 8.16. The summed E-state index contributed by atoms with van der Waals surface area (Å²) in [6.07, 6.45) is 5.55. The van der Waals surface area contributed by atoms with Crippen LogP contribution < -0.4 is 4.74 Å². The van der Waals surface area contributed by atoms with Crippen LogP contribution in [0.3, 0.4) is 0 Å². The number of carbonyl (C=O) groups is 1. The van der Waals surface area contributed by atoms with E-state index in [1.54, 1.807) is 7.11 Å². The van der Waals surface area contributed by atoms with Gasteiger partial charge < -0.3 is 9.64 Å². The lowest BCUT2D eigenvalue weighted by atomic mass is 10.2. The molecule has 1 aliphatic rings. The van der Waals surface area contributed by atoms with Crippen molar-refractivity contribution >= 4 is 17.7 Å². The fraction of sp³-hybridized carbons (Fsp3) is 0.591. The number of methoxy groups -OCH3 is 1. The smallest absolute Gasteiger partial charge is 0.233 e. The predicted molar refractivity (Wildman–Crippen MR) is 120 cm³/mol. The van der Waals surface area contributed by atoms with Crippen molar-refractivity contribution in [3.63, 3.8) is 0 Å². The standard InChI is InChI=1S/C22H33N5O2S/c1-5-19(25(2)3)21-23-24-22(27(21)17-10-12-18(29-4)13-11-17)30-16-20(28)26-14-8-6-7-9-15-26/h10-13,19H,5-9,14-16H2,1-4H3. The molecule has 8 heteroatoms. The van der Waals surface area contributed by atoms with Gasteiger partial charge in [0.2, 0.25) is 5.91 Å². The highest BCUT2D eigenvalue weighted by Gasteiger charge is 2.24. The maximum absolute atomic E-state index is 12.8. The summed E-state index contributed by atoms with van der Waals surface area (Å²) in [6, 6.07) is 8.03. The summed E-state index contributed by atoms with van der Waals surface area (Å²) < 4.78 is 7.38. The molecule has 7 nitrogen and oxygen atoms in total. The minimum Gasteiger partial charge on any atom is -0.497 e. The lowest BCUT2D eigenvalue weighted by Crippen LogP contribution is -2.33. The molecule has 0 bridgehead atoms. The molecule has 0 saturated carbocycles. The predicted octanol–water partition coefficient (Wildman–Crippen LogP) is 3.78. The molecule has 2 heterocycles. The minimum absolute atomic E-state index is 0.135. The zero-order chi connectivity index (χ0) is 21.5. The Morgan fingerprint density at radius 2 is 1.80 bits per heavy atom. The van der Waals surface area contributed by atoms with Gasteiger partial charge in [-0.25, -0.2) is 0 Å². The molecule has 1 atom stereocenters. The molecule has 1 aromatic carbocycles. The molecule has 0 aliphatic carbocycles. The Morgan fingerprint density at radius 3 is 2.37 bits per heavy atom. The number of ether oxygens (including phenoxy) is 1. The number of thioether (sulfide) groups is 1. The molecule has 164 valence electrons. The van der Waals surface area contributed by atoms with Crippen LogP contribution in [-0.4, -0.2) is 70.5 Å². The third-order valence-corrected chi connectivity index (χ3v) is 6.49. The molecule has 30 heavy (non-hydrogen) atoms. The van der Waals surface area contributed by atoms with E-state index in [0.717, 1.165) is 54.8 Å². The van der Waals surface area contributed by atoms with Crippen LogP contribution in [0, 0.1) is 0 Å². The summed E-state index contributed by atoms with van der Waals surface area (Å²) in [4.78, 5) is 16.9. The second-order valence-corrected chi connectivity index (χ2v) is 8.79. The Balaban J connectivity index is 1.85. The molecule has 0 radical (unpaired) electrons. The fourth-order valence-corrected chi connectivity index (χ4v) is 4.74. The van der Waals surface area contributed by atoms with E-state index >= 15 is 0 Å². The summed E-state index contributed by atoms with van der Waals surface area (Å²) in [5.41, 5.74) is 0.973. The van der Waals surface area contributed by atoms with E-state index in [4.69, 9.17) is 4.74 Å². The second kappa shape index (κ2) is 10.8. The monoisotopic (exact) mass is 431 g/mol. The lowest BCUT2D eigenvalue weighted by molar-refractivity contribution is -0.128. The number of amides is 1. The Hall–Kier alpha value is -2.06. The van der Waals surface area contributed by atoms with E-state index in [1.165, 1.54) is 24.6 Å². The van der Waals surface area contributed by atoms with E-state index in [9.17, 15) is 4.79 Å². The highest BCUT2D eigenvalue weighted by molar-refractivity contribution is 7.99. The fourth-order valence-electron chi connectivity index (χ4n) is 3.88. The van der Waals surface area contributed by atoms with Crippen molar-refractivity contribution < 1.29 is 9.53 Å². The maximum Gasteiger partial charge on any atom is 0.233 e. The zero-order valence-corrected chi connectivity index (χ0v) is 19.3. The maximum atomic E-state index is 12.8. The number of carbonyl (C=O) groups excluding carboxylic acids is 1. The summed E-state index contributed by atoms with van der Waals surface area (Å²) >= 11 is 1.47. The molecule has 1 fully saturated rings. The molecule has 1 amide bonds. The van der Waals surface area contributed by atoms with Crippen molar-refractivity contribution in [2.24, 2.45) is 0 Å². The van der Waals surface area contributed by atoms with Gasteiger partial charge in [-0.1, -0.05) is 31.5 Å². The summed E-state index contributed by atoms with van der Waals surface area (Å²) in [6.45, 7) is 3.89. The van der Waals surface area contributed by atoms with Crippen molar-refractivity contribution in [3.05, 3.63) is 30.1 Å². The number of hydrogen-bond acceptors (Lipinski definition) is 6. The molecule has 1 unspecified atom stereocenters. The number of benzene rings is 1. The van der Waals surface area contributed by atoms with Crippen LogP contribution in [0.2, 0.25) is 0 Å². The van der Waals surface area contributed by atoms with Gasteiger partial charge in [0.15, 0.2) is 11.0 Å². The first-order valence-corrected chi connectivity index (χ1v) is 11.7. The molecule has 3 rings (SSSR count). The van der Waals surface area contributed by atoms with Gasteiger partial charge in [-0.3, -0.25) is 14.3 Å². The topological polar surface area (TPSA) is 63.5 Å². The molecule has 0 spiro atoms. The highest BCUT2D eigenvalue weighted by Crippen LogP contribution is 2.29. The average Bonchev–Trinajstić information content (AvgIpc) is 2.97. The number of rotatable bonds is 8. The van der Waals surface area contributed by atoms with Crippen LogP contribution in [-0.2, 0) is 4.79 Å². The highest BCUT2D eigenvalue weighted by atomic mass is 32.2. The number of aromatic nitrogens is 3. The first kappa shape index (κ1) is 22.6. The van der Waals surface area contributed by atoms with Crippen LogP contribution in [0.25, 0.3) is 5.69 Å². The van der Waals surface area contributed by atoms with E-state index in [1.807, 2.05) is 29.2 Å². The third kappa shape index (κ3) is 5.35. The number of nitrogens with zero attached hydrogens (tertiary/aromatic N) is 5. The van der Waals surface area contributed by atoms with Gasteiger partial charge >= 0.3 is 0 Å². The Labute approximate surface area is 183 Å². The molecule has 1 saturated heterocycles. The van der Waals surface area contributed by atoms with Gasteiger partial charge in [0, 0.05) is 18.8 Å². The van der Waals surface area contributed by atoms with Gasteiger partial charge in [0.1, 0.15) is 5.75 Å². The summed E-state index contributed by atoms with van der Waals surface area (Å²) in [5.74, 6) is 2.26. The van der Waals surface area contributed by atoms with Crippen LogP contribution >= 0.6 is 11.8 Å². The summed E-state index contributed by atoms with van der Waals surface area (Å²) in [5, 5.41) is 9.75. The first-order chi connectivity index (χ1) is 14.5. The average molecular weight is 432 g/mol. The van der Waals surface area contributed by atoms with Crippen molar-refractivity contribution in [3.8, 4) is 11.4 Å². The quantitative estimate of drug-likeness (QED) is 0.593. The molecule has 1 aliphatic heterocycles. The molecular formula is C22H33N5O2S. The van der Waals surface area contributed by atoms with Crippen LogP contribution in [0.15, 0.2) is 29.4 Å². The van der Waals surface area contributed by atoms with E-state index in [0.29, 0.717) is 5.75 Å². The molecule has 1 aromatic heterocycles. The lowest BCUT2D eigenvalue weighted by Gasteiger charge is -2.23. The third-order valence-electron chi connectivity index (χ3n) is 5.58. The van der Waals surface area contributed by atoms with Gasteiger partial charge in [-0.2, -0.15) is 0 Å². The largest absolute Gasteiger partial charge is 0.497 e. The molecule has 2 aromatic rings. The normalized spacial score (nSPS) is 15.8. The first-order valence-electron chi connectivity index (χ1n) is 10.7. The summed E-state index contributed by atoms with van der Waals surface area (Å²) in [7, 11) is 5.77. The SMILES string of the molecule is CCC(c1nnc(SCC(=O)N2CCCCCC2)n1-c1ccc(OC)cc1)N(C)C. The van der Waals surface area contributed by atoms with Gasteiger partial charge in [-0.15, -0.1) is 10.2 Å². The van der Waals surface area contributed by atoms with Crippen LogP contribution in [0.1, 0.15) is 50.9 Å². The van der Waals surface area contributed by atoms with Gasteiger partial charge in [0.25, 0.3) is 0 Å². The van der Waals surface area contributed by atoms with E-state index in [-0.39, 0.29) is 11.9 Å². The van der Waals surface area contributed by atoms with E-state index in [2.05, 4.69) is 40.7 Å². The van der Waals surface area contributed by atoms with Gasteiger partial charge in [0.05, 0.1) is 18.9 Å². The van der Waals surface area contributed by atoms with Crippen molar-refractivity contribution in [2.75, 3.05) is 40.0 Å². The van der Waals surface area contributed by atoms with Crippen molar-refractivity contribution in [2.45, 2.75) is 50.2 Å². The Morgan fingerprint density at radius 1 is 1.13 bits per heavy atom. The van der Waals surface area contributed by atoms with E-state index < -0.39 is 0 Å². The Bertz CT molecular complexity index is 813. The van der Waals surface area contributed by atoms with Crippen LogP contribution in [0.5, 0.6) is 5.75 Å². The minimum atomic E-state index is 0.135. The van der Waals surface area contributed by atoms with Crippen LogP contribution in [0.4, 0.5) is 0 Å². The second-order valence-electron chi connectivity index (χ2n) is 7.85. The zero-order valence-electron chi connectivity index (χ0n) is 18.5. The van der Waals surface area contributed by atoms with Crippen molar-refractivity contribution in [1.82, 2.24) is 24.6 Å².